The predicted octanol–water partition coefficient (Wildman–Crippen LogP) is 4.21. The number of hydrogen-bond donors (Lipinski definition) is 1. The van der Waals surface area contributed by atoms with Gasteiger partial charge in [-0.25, -0.2) is 0 Å². The van der Waals surface area contributed by atoms with E-state index in [4.69, 9.17) is 24.4 Å². The van der Waals surface area contributed by atoms with Gasteiger partial charge in [0.2, 0.25) is 17.1 Å². The zero-order valence-corrected chi connectivity index (χ0v) is 18.5. The molecule has 2 heterocycles. The van der Waals surface area contributed by atoms with Crippen molar-refractivity contribution in [1.29, 1.82) is 21.2 Å². The van der Waals surface area contributed by atoms with E-state index in [1.165, 1.54) is 14.2 Å². The van der Waals surface area contributed by atoms with E-state index in [9.17, 15) is 15.8 Å². The van der Waals surface area contributed by atoms with Gasteiger partial charge in [0, 0.05) is 5.56 Å². The molecule has 8 heteroatoms. The maximum Gasteiger partial charge on any atom is 0.244 e. The Morgan fingerprint density at radius 1 is 0.970 bits per heavy atom. The van der Waals surface area contributed by atoms with Crippen molar-refractivity contribution in [2.75, 3.05) is 14.2 Å². The summed E-state index contributed by atoms with van der Waals surface area (Å²) in [5.74, 6) is -1.88. The summed E-state index contributed by atoms with van der Waals surface area (Å²) >= 11 is 0. The molecule has 4 atom stereocenters. The fraction of sp³-hybridized carbons (Fsp3) is 0.360. The molecule has 4 rings (SSSR count). The monoisotopic (exact) mass is 442 g/mol. The maximum absolute atomic E-state index is 10.5. The Kier molecular flexibility index (Phi) is 5.24. The zero-order chi connectivity index (χ0) is 23.9. The molecule has 2 aliphatic heterocycles. The van der Waals surface area contributed by atoms with Crippen LogP contribution in [0.4, 0.5) is 0 Å². The Morgan fingerprint density at radius 2 is 1.64 bits per heavy atom. The number of fused-ring (bicyclic) bond motifs is 2. The fourth-order valence-corrected chi connectivity index (χ4v) is 5.22. The van der Waals surface area contributed by atoms with E-state index >= 15 is 0 Å². The van der Waals surface area contributed by atoms with Crippen molar-refractivity contribution in [2.24, 2.45) is 16.7 Å². The highest BCUT2D eigenvalue weighted by atomic mass is 16.7. The summed E-state index contributed by atoms with van der Waals surface area (Å²) in [7, 11) is 2.98. The maximum atomic E-state index is 10.5. The van der Waals surface area contributed by atoms with Crippen LogP contribution in [0.15, 0.2) is 48.5 Å². The van der Waals surface area contributed by atoms with Crippen molar-refractivity contribution in [3.05, 3.63) is 59.7 Å². The average Bonchev–Trinajstić information content (AvgIpc) is 3.07. The van der Waals surface area contributed by atoms with E-state index in [1.54, 1.807) is 42.5 Å². The smallest absolute Gasteiger partial charge is 0.244 e. The molecular weight excluding hydrogens is 420 g/mol. The molecule has 2 bridgehead atoms. The lowest BCUT2D eigenvalue weighted by Crippen LogP contribution is -2.58. The van der Waals surface area contributed by atoms with Crippen LogP contribution in [0.2, 0.25) is 0 Å². The molecule has 166 valence electrons. The Balaban J connectivity index is 2.05. The molecule has 2 aromatic rings. The predicted molar refractivity (Wildman–Crippen MR) is 116 cm³/mol. The van der Waals surface area contributed by atoms with E-state index in [0.717, 1.165) is 0 Å². The summed E-state index contributed by atoms with van der Waals surface area (Å²) in [6.45, 7) is 1.83. The minimum absolute atomic E-state index is 0.342. The lowest BCUT2D eigenvalue weighted by atomic mass is 9.52. The van der Waals surface area contributed by atoms with Gasteiger partial charge in [-0.2, -0.15) is 15.8 Å². The molecule has 2 fully saturated rings. The van der Waals surface area contributed by atoms with E-state index in [2.05, 4.69) is 18.2 Å². The van der Waals surface area contributed by atoms with Gasteiger partial charge < -0.3 is 18.9 Å². The first-order valence-electron chi connectivity index (χ1n) is 10.4. The van der Waals surface area contributed by atoms with Gasteiger partial charge in [0.05, 0.1) is 38.3 Å². The Bertz CT molecular complexity index is 1210. The summed E-state index contributed by atoms with van der Waals surface area (Å²) in [5, 5.41) is 40.0. The summed E-state index contributed by atoms with van der Waals surface area (Å²) in [6, 6.07) is 20.3. The molecular formula is C25H22N4O4. The Labute approximate surface area is 192 Å². The second-order valence-electron chi connectivity index (χ2n) is 7.99. The van der Waals surface area contributed by atoms with Gasteiger partial charge in [0.15, 0.2) is 16.9 Å². The van der Waals surface area contributed by atoms with Crippen LogP contribution in [-0.4, -0.2) is 20.1 Å². The highest BCUT2D eigenvalue weighted by Gasteiger charge is 2.80. The lowest BCUT2D eigenvalue weighted by Gasteiger charge is -2.49. The molecule has 8 nitrogen and oxygen atoms in total. The van der Waals surface area contributed by atoms with Gasteiger partial charge in [0.1, 0.15) is 6.10 Å². The largest absolute Gasteiger partial charge is 0.493 e. The van der Waals surface area contributed by atoms with Gasteiger partial charge in [0.25, 0.3) is 0 Å². The third-order valence-corrected chi connectivity index (χ3v) is 6.73. The number of nitrogens with one attached hydrogen (secondary N) is 1. The summed E-state index contributed by atoms with van der Waals surface area (Å²) in [6.07, 6.45) is -0.868. The normalized spacial score (nSPS) is 29.2. The fourth-order valence-electron chi connectivity index (χ4n) is 5.22. The number of nitriles is 3. The molecule has 2 saturated heterocycles. The Morgan fingerprint density at radius 3 is 2.18 bits per heavy atom. The van der Waals surface area contributed by atoms with E-state index in [1.807, 2.05) is 13.0 Å². The summed E-state index contributed by atoms with van der Waals surface area (Å²) in [5.41, 5.74) is -2.86. The highest BCUT2D eigenvalue weighted by Crippen LogP contribution is 2.70. The molecule has 0 radical (unpaired) electrons. The van der Waals surface area contributed by atoms with Gasteiger partial charge in [-0.1, -0.05) is 43.3 Å². The first-order valence-corrected chi connectivity index (χ1v) is 10.4. The number of hydrogen-bond acceptors (Lipinski definition) is 8. The summed E-state index contributed by atoms with van der Waals surface area (Å²) in [4.78, 5) is 0. The zero-order valence-electron chi connectivity index (χ0n) is 18.5. The van der Waals surface area contributed by atoms with Gasteiger partial charge in [-0.3, -0.25) is 5.41 Å². The molecule has 2 aromatic carbocycles. The standard InChI is InChI=1S/C25H22N4O4/c1-4-20-24(15-28)22(29)33-25(20,17-8-6-5-7-9-17)32-21(23(24,13-26)14-27)16-10-11-18(30-2)19(12-16)31-3/h5-12,20-21,29H,4H2,1-3H3. The number of methoxy groups -OCH3 is 2. The van der Waals surface area contributed by atoms with E-state index in [0.29, 0.717) is 29.0 Å². The van der Waals surface area contributed by atoms with Crippen molar-refractivity contribution >= 4 is 5.90 Å². The second-order valence-corrected chi connectivity index (χ2v) is 7.99. The van der Waals surface area contributed by atoms with Crippen molar-refractivity contribution in [1.82, 2.24) is 0 Å². The molecule has 0 saturated carbocycles. The second kappa shape index (κ2) is 7.81. The first kappa shape index (κ1) is 22.1. The third kappa shape index (κ3) is 2.61. The molecule has 33 heavy (non-hydrogen) atoms. The van der Waals surface area contributed by atoms with Gasteiger partial charge in [-0.05, 0) is 24.1 Å². The number of nitrogens with zero attached hydrogens (tertiary/aromatic N) is 3. The highest BCUT2D eigenvalue weighted by molar-refractivity contribution is 5.89. The lowest BCUT2D eigenvalue weighted by molar-refractivity contribution is -0.292. The minimum atomic E-state index is -2.05. The molecule has 0 spiro atoms. The van der Waals surface area contributed by atoms with Crippen LogP contribution in [0.1, 0.15) is 30.6 Å². The van der Waals surface area contributed by atoms with Gasteiger partial charge in [-0.15, -0.1) is 0 Å². The number of benzene rings is 2. The van der Waals surface area contributed by atoms with Crippen molar-refractivity contribution < 1.29 is 18.9 Å². The SMILES string of the molecule is CCC1C2(c3ccccc3)OC(=N)C1(C#N)C(C#N)(C#N)C(c1ccc(OC)c(OC)c1)O2. The quantitative estimate of drug-likeness (QED) is 0.733. The Hall–Kier alpha value is -4.06. The van der Waals surface area contributed by atoms with Crippen LogP contribution < -0.4 is 9.47 Å². The number of ether oxygens (including phenoxy) is 4. The average molecular weight is 442 g/mol. The first-order chi connectivity index (χ1) is 15.9. The van der Waals surface area contributed by atoms with Crippen LogP contribution in [0.3, 0.4) is 0 Å². The third-order valence-electron chi connectivity index (χ3n) is 6.73. The van der Waals surface area contributed by atoms with Gasteiger partial charge >= 0.3 is 0 Å². The van der Waals surface area contributed by atoms with Crippen LogP contribution in [0, 0.1) is 56.2 Å². The van der Waals surface area contributed by atoms with Crippen molar-refractivity contribution in [3.8, 4) is 29.7 Å². The topological polar surface area (TPSA) is 132 Å². The molecule has 0 aliphatic carbocycles. The van der Waals surface area contributed by atoms with Crippen LogP contribution in [-0.2, 0) is 15.3 Å². The molecule has 0 amide bonds. The minimum Gasteiger partial charge on any atom is -0.493 e. The summed E-state index contributed by atoms with van der Waals surface area (Å²) < 4.78 is 23.3. The molecule has 0 aromatic heterocycles. The van der Waals surface area contributed by atoms with Crippen LogP contribution >= 0.6 is 0 Å². The van der Waals surface area contributed by atoms with Crippen molar-refractivity contribution in [2.45, 2.75) is 25.2 Å². The van der Waals surface area contributed by atoms with Crippen LogP contribution in [0.25, 0.3) is 0 Å². The molecule has 4 unspecified atom stereocenters. The van der Waals surface area contributed by atoms with E-state index in [-0.39, 0.29) is 0 Å². The van der Waals surface area contributed by atoms with E-state index < -0.39 is 34.5 Å². The molecule has 2 aliphatic rings. The molecule has 1 N–H and O–H groups in total. The van der Waals surface area contributed by atoms with Crippen molar-refractivity contribution in [3.63, 3.8) is 0 Å². The number of rotatable bonds is 5. The van der Waals surface area contributed by atoms with Crippen LogP contribution in [0.5, 0.6) is 11.5 Å².